The summed E-state index contributed by atoms with van der Waals surface area (Å²) in [5.41, 5.74) is 1.11. The minimum absolute atomic E-state index is 0.143. The second-order valence-electron chi connectivity index (χ2n) is 5.29. The SMILES string of the molecule is O=C(CCc1ccc2c(c1)OCO2)NCC1CCC1. The fraction of sp³-hybridized carbons (Fsp3) is 0.533. The highest BCUT2D eigenvalue weighted by molar-refractivity contribution is 5.76. The van der Waals surface area contributed by atoms with Gasteiger partial charge in [0.15, 0.2) is 11.5 Å². The summed E-state index contributed by atoms with van der Waals surface area (Å²) in [6.45, 7) is 1.14. The zero-order valence-electron chi connectivity index (χ0n) is 11.0. The van der Waals surface area contributed by atoms with Gasteiger partial charge in [0, 0.05) is 13.0 Å². The van der Waals surface area contributed by atoms with Crippen LogP contribution in [0.4, 0.5) is 0 Å². The lowest BCUT2D eigenvalue weighted by Crippen LogP contribution is -2.32. The predicted octanol–water partition coefficient (Wildman–Crippen LogP) is 2.26. The van der Waals surface area contributed by atoms with Gasteiger partial charge < -0.3 is 14.8 Å². The Bertz CT molecular complexity index is 468. The molecule has 4 heteroatoms. The first-order valence-corrected chi connectivity index (χ1v) is 6.96. The number of rotatable bonds is 5. The third-order valence-electron chi connectivity index (χ3n) is 3.89. The number of nitrogens with one attached hydrogen (secondary N) is 1. The van der Waals surface area contributed by atoms with Crippen molar-refractivity contribution >= 4 is 5.91 Å². The summed E-state index contributed by atoms with van der Waals surface area (Å²) in [5, 5.41) is 3.01. The Labute approximate surface area is 113 Å². The lowest BCUT2D eigenvalue weighted by Gasteiger charge is -2.25. The van der Waals surface area contributed by atoms with Gasteiger partial charge in [0.1, 0.15) is 0 Å². The molecule has 0 radical (unpaired) electrons. The normalized spacial score (nSPS) is 17.1. The van der Waals surface area contributed by atoms with E-state index in [1.807, 2.05) is 18.2 Å². The van der Waals surface area contributed by atoms with Crippen LogP contribution in [0.1, 0.15) is 31.2 Å². The molecule has 1 aromatic rings. The fourth-order valence-electron chi connectivity index (χ4n) is 2.40. The van der Waals surface area contributed by atoms with Crippen LogP contribution in [0, 0.1) is 5.92 Å². The molecule has 1 saturated carbocycles. The molecule has 0 bridgehead atoms. The number of carbonyl (C=O) groups excluding carboxylic acids is 1. The van der Waals surface area contributed by atoms with Crippen molar-refractivity contribution in [3.05, 3.63) is 23.8 Å². The average Bonchev–Trinajstić information content (AvgIpc) is 2.81. The maximum atomic E-state index is 11.7. The van der Waals surface area contributed by atoms with Crippen molar-refractivity contribution in [3.63, 3.8) is 0 Å². The minimum atomic E-state index is 0.143. The lowest BCUT2D eigenvalue weighted by molar-refractivity contribution is -0.121. The third-order valence-corrected chi connectivity index (χ3v) is 3.89. The molecule has 1 heterocycles. The van der Waals surface area contributed by atoms with Gasteiger partial charge >= 0.3 is 0 Å². The van der Waals surface area contributed by atoms with Gasteiger partial charge in [-0.15, -0.1) is 0 Å². The summed E-state index contributed by atoms with van der Waals surface area (Å²) in [5.74, 6) is 2.43. The van der Waals surface area contributed by atoms with Crippen LogP contribution in [0.2, 0.25) is 0 Å². The highest BCUT2D eigenvalue weighted by Crippen LogP contribution is 2.32. The minimum Gasteiger partial charge on any atom is -0.454 e. The first-order valence-electron chi connectivity index (χ1n) is 6.96. The van der Waals surface area contributed by atoms with E-state index in [1.54, 1.807) is 0 Å². The average molecular weight is 261 g/mol. The number of carbonyl (C=O) groups is 1. The molecule has 102 valence electrons. The molecule has 0 saturated heterocycles. The van der Waals surface area contributed by atoms with E-state index in [0.717, 1.165) is 35.9 Å². The standard InChI is InChI=1S/C15H19NO3/c17-15(16-9-12-2-1-3-12)7-5-11-4-6-13-14(8-11)19-10-18-13/h4,6,8,12H,1-3,5,7,9-10H2,(H,16,17). The Hall–Kier alpha value is -1.71. The number of fused-ring (bicyclic) bond motifs is 1. The van der Waals surface area contributed by atoms with Crippen LogP contribution in [0.25, 0.3) is 0 Å². The van der Waals surface area contributed by atoms with Crippen molar-refractivity contribution in [3.8, 4) is 11.5 Å². The van der Waals surface area contributed by atoms with Gasteiger partial charge in [-0.25, -0.2) is 0 Å². The molecule has 0 aromatic heterocycles. The van der Waals surface area contributed by atoms with Gasteiger partial charge in [-0.2, -0.15) is 0 Å². The Morgan fingerprint density at radius 1 is 1.26 bits per heavy atom. The molecule has 1 amide bonds. The number of benzene rings is 1. The summed E-state index contributed by atoms with van der Waals surface area (Å²) in [6, 6.07) is 5.86. The van der Waals surface area contributed by atoms with E-state index in [9.17, 15) is 4.79 Å². The molecule has 0 unspecified atom stereocenters. The van der Waals surface area contributed by atoms with Crippen molar-refractivity contribution < 1.29 is 14.3 Å². The van der Waals surface area contributed by atoms with E-state index in [4.69, 9.17) is 9.47 Å². The maximum Gasteiger partial charge on any atom is 0.231 e. The number of hydrogen-bond donors (Lipinski definition) is 1. The van der Waals surface area contributed by atoms with Crippen molar-refractivity contribution in [1.82, 2.24) is 5.32 Å². The van der Waals surface area contributed by atoms with Crippen molar-refractivity contribution in [1.29, 1.82) is 0 Å². The van der Waals surface area contributed by atoms with Crippen LogP contribution in [-0.2, 0) is 11.2 Å². The number of hydrogen-bond acceptors (Lipinski definition) is 3. The second kappa shape index (κ2) is 5.51. The van der Waals surface area contributed by atoms with Crippen molar-refractivity contribution in [2.45, 2.75) is 32.1 Å². The Morgan fingerprint density at radius 2 is 2.11 bits per heavy atom. The summed E-state index contributed by atoms with van der Waals surface area (Å²) >= 11 is 0. The molecule has 0 atom stereocenters. The number of amides is 1. The van der Waals surface area contributed by atoms with E-state index < -0.39 is 0 Å². The Kier molecular flexibility index (Phi) is 3.58. The van der Waals surface area contributed by atoms with Gasteiger partial charge in [-0.3, -0.25) is 4.79 Å². The highest BCUT2D eigenvalue weighted by atomic mass is 16.7. The molecular weight excluding hydrogens is 242 g/mol. The van der Waals surface area contributed by atoms with Crippen molar-refractivity contribution in [2.75, 3.05) is 13.3 Å². The van der Waals surface area contributed by atoms with E-state index in [-0.39, 0.29) is 5.91 Å². The molecular formula is C15H19NO3. The zero-order valence-corrected chi connectivity index (χ0v) is 11.0. The summed E-state index contributed by atoms with van der Waals surface area (Å²) < 4.78 is 10.6. The lowest BCUT2D eigenvalue weighted by atomic mass is 9.85. The van der Waals surface area contributed by atoms with E-state index >= 15 is 0 Å². The molecule has 0 spiro atoms. The van der Waals surface area contributed by atoms with Crippen LogP contribution in [0.3, 0.4) is 0 Å². The van der Waals surface area contributed by atoms with E-state index in [2.05, 4.69) is 5.32 Å². The van der Waals surface area contributed by atoms with Crippen LogP contribution in [0.5, 0.6) is 11.5 Å². The maximum absolute atomic E-state index is 11.7. The molecule has 1 aliphatic carbocycles. The Morgan fingerprint density at radius 3 is 2.89 bits per heavy atom. The quantitative estimate of drug-likeness (QED) is 0.884. The summed E-state index contributed by atoms with van der Waals surface area (Å²) in [7, 11) is 0. The molecule has 1 aliphatic heterocycles. The zero-order chi connectivity index (χ0) is 13.1. The monoisotopic (exact) mass is 261 g/mol. The fourth-order valence-corrected chi connectivity index (χ4v) is 2.40. The first-order chi connectivity index (χ1) is 9.31. The van der Waals surface area contributed by atoms with Crippen LogP contribution < -0.4 is 14.8 Å². The smallest absolute Gasteiger partial charge is 0.231 e. The van der Waals surface area contributed by atoms with Crippen LogP contribution in [-0.4, -0.2) is 19.2 Å². The van der Waals surface area contributed by atoms with E-state index in [1.165, 1.54) is 19.3 Å². The van der Waals surface area contributed by atoms with Crippen LogP contribution >= 0.6 is 0 Å². The molecule has 1 N–H and O–H groups in total. The Balaban J connectivity index is 1.44. The highest BCUT2D eigenvalue weighted by Gasteiger charge is 2.18. The van der Waals surface area contributed by atoms with Gasteiger partial charge in [-0.1, -0.05) is 12.5 Å². The van der Waals surface area contributed by atoms with Crippen LogP contribution in [0.15, 0.2) is 18.2 Å². The predicted molar refractivity (Wildman–Crippen MR) is 71.2 cm³/mol. The van der Waals surface area contributed by atoms with Gasteiger partial charge in [0.2, 0.25) is 12.7 Å². The summed E-state index contributed by atoms with van der Waals surface area (Å²) in [6.07, 6.45) is 5.13. The van der Waals surface area contributed by atoms with E-state index in [0.29, 0.717) is 13.2 Å². The van der Waals surface area contributed by atoms with Gasteiger partial charge in [0.05, 0.1) is 0 Å². The largest absolute Gasteiger partial charge is 0.454 e. The molecule has 1 aromatic carbocycles. The molecule has 4 nitrogen and oxygen atoms in total. The number of aryl methyl sites for hydroxylation is 1. The molecule has 1 fully saturated rings. The van der Waals surface area contributed by atoms with Gasteiger partial charge in [0.25, 0.3) is 0 Å². The molecule has 19 heavy (non-hydrogen) atoms. The van der Waals surface area contributed by atoms with Gasteiger partial charge in [-0.05, 0) is 42.9 Å². The molecule has 2 aliphatic rings. The first kappa shape index (κ1) is 12.3. The second-order valence-corrected chi connectivity index (χ2v) is 5.29. The third kappa shape index (κ3) is 3.00. The topological polar surface area (TPSA) is 47.6 Å². The van der Waals surface area contributed by atoms with Crippen molar-refractivity contribution in [2.24, 2.45) is 5.92 Å². The molecule has 3 rings (SSSR count). The summed E-state index contributed by atoms with van der Waals surface area (Å²) in [4.78, 5) is 11.7. The number of ether oxygens (including phenoxy) is 2.